The van der Waals surface area contributed by atoms with Gasteiger partial charge < -0.3 is 14.7 Å². The van der Waals surface area contributed by atoms with Gasteiger partial charge in [-0.1, -0.05) is 49.3 Å². The second-order valence-electron chi connectivity index (χ2n) is 7.30. The molecule has 2 aromatic heterocycles. The molecule has 0 radical (unpaired) electrons. The zero-order chi connectivity index (χ0) is 19.6. The van der Waals surface area contributed by atoms with Crippen LogP contribution in [-0.4, -0.2) is 41.6 Å². The first-order valence-corrected chi connectivity index (χ1v) is 9.15. The summed E-state index contributed by atoms with van der Waals surface area (Å²) in [5, 5.41) is 7.74. The Bertz CT molecular complexity index is 932. The maximum absolute atomic E-state index is 13.0. The summed E-state index contributed by atoms with van der Waals surface area (Å²) in [6.45, 7) is 6.40. The highest BCUT2D eigenvalue weighted by molar-refractivity contribution is 6.06. The van der Waals surface area contributed by atoms with Gasteiger partial charge in [0.1, 0.15) is 0 Å². The van der Waals surface area contributed by atoms with Crippen LogP contribution < -0.4 is 5.32 Å². The van der Waals surface area contributed by atoms with Gasteiger partial charge in [0.15, 0.2) is 0 Å². The van der Waals surface area contributed by atoms with Gasteiger partial charge in [-0.05, 0) is 38.6 Å². The Morgan fingerprint density at radius 1 is 1.22 bits per heavy atom. The minimum absolute atomic E-state index is 0.0839. The van der Waals surface area contributed by atoms with E-state index in [1.165, 1.54) is 0 Å². The maximum atomic E-state index is 13.0. The van der Waals surface area contributed by atoms with E-state index in [-0.39, 0.29) is 17.9 Å². The molecule has 3 aromatic rings. The van der Waals surface area contributed by atoms with Crippen LogP contribution in [0, 0.1) is 6.92 Å². The molecule has 0 saturated heterocycles. The molecule has 6 nitrogen and oxygen atoms in total. The molecule has 0 saturated carbocycles. The average molecular weight is 366 g/mol. The van der Waals surface area contributed by atoms with Crippen molar-refractivity contribution in [3.8, 4) is 0 Å². The summed E-state index contributed by atoms with van der Waals surface area (Å²) in [5.74, 6) is 0.0450. The molecule has 1 aromatic carbocycles. The summed E-state index contributed by atoms with van der Waals surface area (Å²) in [4.78, 5) is 19.6. The van der Waals surface area contributed by atoms with E-state index in [2.05, 4.69) is 32.5 Å². The number of amides is 1. The van der Waals surface area contributed by atoms with Crippen LogP contribution in [0.1, 0.15) is 53.1 Å². The zero-order valence-electron chi connectivity index (χ0n) is 16.5. The van der Waals surface area contributed by atoms with Gasteiger partial charge in [0.2, 0.25) is 0 Å². The van der Waals surface area contributed by atoms with Crippen molar-refractivity contribution in [2.24, 2.45) is 0 Å². The van der Waals surface area contributed by atoms with E-state index < -0.39 is 0 Å². The highest BCUT2D eigenvalue weighted by Crippen LogP contribution is 2.25. The van der Waals surface area contributed by atoms with Gasteiger partial charge >= 0.3 is 0 Å². The molecule has 1 amide bonds. The highest BCUT2D eigenvalue weighted by atomic mass is 16.5. The third-order valence-corrected chi connectivity index (χ3v) is 4.74. The van der Waals surface area contributed by atoms with E-state index in [1.54, 1.807) is 0 Å². The summed E-state index contributed by atoms with van der Waals surface area (Å²) >= 11 is 0. The van der Waals surface area contributed by atoms with E-state index in [0.717, 1.165) is 11.3 Å². The predicted octanol–water partition coefficient (Wildman–Crippen LogP) is 3.69. The molecule has 0 bridgehead atoms. The molecule has 0 spiro atoms. The van der Waals surface area contributed by atoms with Gasteiger partial charge in [0.25, 0.3) is 11.6 Å². The number of nitrogens with zero attached hydrogens (tertiary/aromatic N) is 3. The van der Waals surface area contributed by atoms with Crippen LogP contribution in [0.3, 0.4) is 0 Å². The molecule has 6 heteroatoms. The first-order valence-electron chi connectivity index (χ1n) is 9.15. The molecule has 1 unspecified atom stereocenters. The number of benzene rings is 1. The predicted molar refractivity (Wildman–Crippen MR) is 106 cm³/mol. The quantitative estimate of drug-likeness (QED) is 0.720. The first-order chi connectivity index (χ1) is 12.9. The second kappa shape index (κ2) is 7.88. The van der Waals surface area contributed by atoms with Crippen molar-refractivity contribution in [2.45, 2.75) is 32.7 Å². The number of fused-ring (bicyclic) bond motifs is 1. The van der Waals surface area contributed by atoms with E-state index in [1.807, 2.05) is 59.1 Å². The Hall–Kier alpha value is -2.73. The minimum Gasteiger partial charge on any atom is -0.350 e. The minimum atomic E-state index is -0.140. The molecule has 2 heterocycles. The fraction of sp³-hybridized carbons (Fsp3) is 0.381. The molecule has 1 atom stereocenters. The normalized spacial score (nSPS) is 12.7. The molecule has 0 aliphatic rings. The number of carbonyl (C=O) groups is 1. The lowest BCUT2D eigenvalue weighted by Crippen LogP contribution is -2.34. The van der Waals surface area contributed by atoms with Gasteiger partial charge in [-0.25, -0.2) is 4.98 Å². The lowest BCUT2D eigenvalue weighted by Gasteiger charge is -2.25. The van der Waals surface area contributed by atoms with E-state index in [9.17, 15) is 4.79 Å². The molecule has 1 N–H and O–H groups in total. The Balaban J connectivity index is 1.88. The highest BCUT2D eigenvalue weighted by Gasteiger charge is 2.21. The number of carbonyl (C=O) groups excluding carboxylic acids is 1. The lowest BCUT2D eigenvalue weighted by molar-refractivity contribution is 0.0943. The van der Waals surface area contributed by atoms with Crippen molar-refractivity contribution in [3.05, 3.63) is 58.9 Å². The van der Waals surface area contributed by atoms with Gasteiger partial charge in [0, 0.05) is 12.2 Å². The second-order valence-corrected chi connectivity index (χ2v) is 7.30. The number of nitrogens with one attached hydrogen (secondary N) is 1. The van der Waals surface area contributed by atoms with E-state index in [0.29, 0.717) is 28.9 Å². The third kappa shape index (κ3) is 4.01. The number of pyridine rings is 1. The lowest BCUT2D eigenvalue weighted by atomic mass is 10.0. The number of hydrogen-bond donors (Lipinski definition) is 1. The van der Waals surface area contributed by atoms with Crippen LogP contribution in [0.25, 0.3) is 11.1 Å². The smallest absolute Gasteiger partial charge is 0.259 e. The number of hydrogen-bond acceptors (Lipinski definition) is 5. The first kappa shape index (κ1) is 19.0. The molecule has 0 aliphatic carbocycles. The fourth-order valence-electron chi connectivity index (χ4n) is 3.15. The Morgan fingerprint density at radius 3 is 2.56 bits per heavy atom. The molecule has 142 valence electrons. The standard InChI is InChI=1S/C21H26N4O2/c1-13(2)17-11-16(19-14(3)24-27-21(19)23-17)20(26)22-12-18(25(4)5)15-9-7-6-8-10-15/h6-11,13,18H,12H2,1-5H3,(H,22,26). The van der Waals surface area contributed by atoms with Crippen molar-refractivity contribution in [1.29, 1.82) is 0 Å². The Morgan fingerprint density at radius 2 is 1.93 bits per heavy atom. The monoisotopic (exact) mass is 366 g/mol. The zero-order valence-corrected chi connectivity index (χ0v) is 16.5. The topological polar surface area (TPSA) is 71.3 Å². The van der Waals surface area contributed by atoms with Crippen LogP contribution in [0.4, 0.5) is 0 Å². The summed E-state index contributed by atoms with van der Waals surface area (Å²) < 4.78 is 5.31. The van der Waals surface area contributed by atoms with Crippen molar-refractivity contribution in [2.75, 3.05) is 20.6 Å². The molecule has 3 rings (SSSR count). The molecular formula is C21H26N4O2. The fourth-order valence-corrected chi connectivity index (χ4v) is 3.15. The number of rotatable bonds is 6. The van der Waals surface area contributed by atoms with Crippen molar-refractivity contribution in [1.82, 2.24) is 20.4 Å². The third-order valence-electron chi connectivity index (χ3n) is 4.74. The van der Waals surface area contributed by atoms with E-state index >= 15 is 0 Å². The van der Waals surface area contributed by atoms with Gasteiger partial charge in [0.05, 0.1) is 22.7 Å². The van der Waals surface area contributed by atoms with Gasteiger partial charge in [-0.2, -0.15) is 0 Å². The number of aryl methyl sites for hydroxylation is 1. The van der Waals surface area contributed by atoms with Crippen LogP contribution in [0.15, 0.2) is 40.9 Å². The van der Waals surface area contributed by atoms with Crippen molar-refractivity contribution < 1.29 is 9.32 Å². The summed E-state index contributed by atoms with van der Waals surface area (Å²) in [6.07, 6.45) is 0. The van der Waals surface area contributed by atoms with Crippen LogP contribution in [0.2, 0.25) is 0 Å². The van der Waals surface area contributed by atoms with Crippen molar-refractivity contribution >= 4 is 17.0 Å². The molecular weight excluding hydrogens is 340 g/mol. The maximum Gasteiger partial charge on any atom is 0.259 e. The average Bonchev–Trinajstić information content (AvgIpc) is 3.02. The number of aromatic nitrogens is 2. The van der Waals surface area contributed by atoms with Crippen LogP contribution in [-0.2, 0) is 0 Å². The van der Waals surface area contributed by atoms with Gasteiger partial charge in [-0.3, -0.25) is 4.79 Å². The Kier molecular flexibility index (Phi) is 5.56. The summed E-state index contributed by atoms with van der Waals surface area (Å²) in [7, 11) is 4.02. The summed E-state index contributed by atoms with van der Waals surface area (Å²) in [5.41, 5.74) is 3.62. The van der Waals surface area contributed by atoms with E-state index in [4.69, 9.17) is 4.52 Å². The Labute approximate surface area is 159 Å². The molecule has 0 fully saturated rings. The number of likely N-dealkylation sites (N-methyl/N-ethyl adjacent to an activating group) is 1. The summed E-state index contributed by atoms with van der Waals surface area (Å²) in [6, 6.07) is 12.1. The molecule has 0 aliphatic heterocycles. The van der Waals surface area contributed by atoms with Gasteiger partial charge in [-0.15, -0.1) is 0 Å². The van der Waals surface area contributed by atoms with Crippen LogP contribution in [0.5, 0.6) is 0 Å². The largest absolute Gasteiger partial charge is 0.350 e. The molecule has 27 heavy (non-hydrogen) atoms. The van der Waals surface area contributed by atoms with Crippen LogP contribution >= 0.6 is 0 Å². The van der Waals surface area contributed by atoms with Crippen molar-refractivity contribution in [3.63, 3.8) is 0 Å². The SMILES string of the molecule is Cc1noc2nc(C(C)C)cc(C(=O)NCC(c3ccccc3)N(C)C)c12.